The van der Waals surface area contributed by atoms with Crippen LogP contribution >= 0.6 is 0 Å². The second-order valence-electron chi connectivity index (χ2n) is 6.14. The van der Waals surface area contributed by atoms with Crippen LogP contribution in [0.2, 0.25) is 0 Å². The Morgan fingerprint density at radius 3 is 2.39 bits per heavy atom. The van der Waals surface area contributed by atoms with Gasteiger partial charge in [0.05, 0.1) is 5.54 Å². The van der Waals surface area contributed by atoms with Crippen LogP contribution in [0.4, 0.5) is 0 Å². The number of carbonyl (C=O) groups is 1. The van der Waals surface area contributed by atoms with Crippen LogP contribution in [0.1, 0.15) is 64.2 Å². The Balaban J connectivity index is 2.19. The Morgan fingerprint density at radius 2 is 1.72 bits per heavy atom. The van der Waals surface area contributed by atoms with Crippen molar-refractivity contribution in [3.63, 3.8) is 0 Å². The van der Waals surface area contributed by atoms with Crippen LogP contribution < -0.4 is 0 Å². The van der Waals surface area contributed by atoms with Crippen molar-refractivity contribution in [3.8, 4) is 0 Å². The molecule has 1 fully saturated rings. The van der Waals surface area contributed by atoms with Gasteiger partial charge in [0.15, 0.2) is 5.78 Å². The molecule has 102 valence electrons. The summed E-state index contributed by atoms with van der Waals surface area (Å²) in [5.41, 5.74) is 0.942. The van der Waals surface area contributed by atoms with Crippen molar-refractivity contribution >= 4 is 5.78 Å². The van der Waals surface area contributed by atoms with Gasteiger partial charge in [-0.05, 0) is 58.2 Å². The van der Waals surface area contributed by atoms with E-state index in [9.17, 15) is 4.79 Å². The van der Waals surface area contributed by atoms with Crippen molar-refractivity contribution in [2.45, 2.75) is 69.7 Å². The molecule has 0 amide bonds. The van der Waals surface area contributed by atoms with Crippen molar-refractivity contribution in [3.05, 3.63) is 11.6 Å². The van der Waals surface area contributed by atoms with E-state index in [1.807, 2.05) is 0 Å². The molecule has 0 aromatic carbocycles. The summed E-state index contributed by atoms with van der Waals surface area (Å²) in [7, 11) is 4.17. The maximum Gasteiger partial charge on any atom is 0.178 e. The summed E-state index contributed by atoms with van der Waals surface area (Å²) in [6, 6.07) is 0. The first-order valence-corrected chi connectivity index (χ1v) is 7.58. The smallest absolute Gasteiger partial charge is 0.178 e. The van der Waals surface area contributed by atoms with Gasteiger partial charge in [-0.1, -0.05) is 31.8 Å². The molecule has 2 nitrogen and oxygen atoms in total. The van der Waals surface area contributed by atoms with Gasteiger partial charge in [0.25, 0.3) is 0 Å². The van der Waals surface area contributed by atoms with Gasteiger partial charge in [-0.3, -0.25) is 9.69 Å². The molecule has 0 bridgehead atoms. The van der Waals surface area contributed by atoms with Gasteiger partial charge in [0.2, 0.25) is 0 Å². The van der Waals surface area contributed by atoms with E-state index in [4.69, 9.17) is 0 Å². The van der Waals surface area contributed by atoms with E-state index in [1.54, 1.807) is 0 Å². The highest BCUT2D eigenvalue weighted by atomic mass is 16.1. The molecule has 2 aliphatic rings. The van der Waals surface area contributed by atoms with Gasteiger partial charge in [0.1, 0.15) is 0 Å². The van der Waals surface area contributed by atoms with Crippen molar-refractivity contribution in [1.29, 1.82) is 0 Å². The Labute approximate surface area is 111 Å². The lowest BCUT2D eigenvalue weighted by Gasteiger charge is -2.42. The van der Waals surface area contributed by atoms with Crippen molar-refractivity contribution in [2.24, 2.45) is 0 Å². The van der Waals surface area contributed by atoms with Crippen LogP contribution in [0.3, 0.4) is 0 Å². The van der Waals surface area contributed by atoms with E-state index < -0.39 is 0 Å². The van der Waals surface area contributed by atoms with Crippen LogP contribution in [-0.4, -0.2) is 30.3 Å². The monoisotopic (exact) mass is 249 g/mol. The van der Waals surface area contributed by atoms with Gasteiger partial charge in [0, 0.05) is 0 Å². The van der Waals surface area contributed by atoms with E-state index in [0.29, 0.717) is 5.78 Å². The second kappa shape index (κ2) is 6.01. The average molecular weight is 249 g/mol. The highest BCUT2D eigenvalue weighted by molar-refractivity contribution is 6.02. The Morgan fingerprint density at radius 1 is 1.06 bits per heavy atom. The number of Topliss-reactive ketones (excluding diaryl/α,β-unsaturated/α-hetero) is 1. The van der Waals surface area contributed by atoms with Gasteiger partial charge >= 0.3 is 0 Å². The summed E-state index contributed by atoms with van der Waals surface area (Å²) in [6.07, 6.45) is 13.9. The molecular formula is C16H27NO. The standard InChI is InChI=1S/C16H27NO/c1-17(2)16(12-8-5-9-13-16)15(18)14-10-6-3-4-7-11-14/h10H,3-9,11-13H2,1-2H3. The molecule has 18 heavy (non-hydrogen) atoms. The van der Waals surface area contributed by atoms with E-state index in [-0.39, 0.29) is 5.54 Å². The molecule has 2 rings (SSSR count). The second-order valence-corrected chi connectivity index (χ2v) is 6.14. The Kier molecular flexibility index (Phi) is 4.60. The molecule has 0 spiro atoms. The van der Waals surface area contributed by atoms with E-state index in [0.717, 1.165) is 31.3 Å². The maximum atomic E-state index is 13.0. The third kappa shape index (κ3) is 2.69. The number of nitrogens with zero attached hydrogens (tertiary/aromatic N) is 1. The summed E-state index contributed by atoms with van der Waals surface area (Å²) in [6.45, 7) is 0. The van der Waals surface area contributed by atoms with E-state index >= 15 is 0 Å². The first-order valence-electron chi connectivity index (χ1n) is 7.58. The van der Waals surface area contributed by atoms with Crippen LogP contribution in [0.25, 0.3) is 0 Å². The van der Waals surface area contributed by atoms with Gasteiger partial charge in [-0.2, -0.15) is 0 Å². The summed E-state index contributed by atoms with van der Waals surface area (Å²) in [5.74, 6) is 0.439. The average Bonchev–Trinajstić information content (AvgIpc) is 2.67. The van der Waals surface area contributed by atoms with Crippen LogP contribution in [-0.2, 0) is 4.79 Å². The normalized spacial score (nSPS) is 24.5. The molecule has 0 N–H and O–H groups in total. The fraction of sp³-hybridized carbons (Fsp3) is 0.812. The quantitative estimate of drug-likeness (QED) is 0.760. The fourth-order valence-electron chi connectivity index (χ4n) is 3.53. The first kappa shape index (κ1) is 13.8. The Bertz CT molecular complexity index is 324. The number of hydrogen-bond donors (Lipinski definition) is 0. The zero-order valence-electron chi connectivity index (χ0n) is 12.0. The highest BCUT2D eigenvalue weighted by Crippen LogP contribution is 2.36. The molecule has 0 unspecified atom stereocenters. The zero-order chi connectivity index (χ0) is 13.0. The van der Waals surface area contributed by atoms with Gasteiger partial charge in [-0.25, -0.2) is 0 Å². The predicted molar refractivity (Wildman–Crippen MR) is 75.7 cm³/mol. The number of rotatable bonds is 3. The molecule has 0 aromatic rings. The fourth-order valence-corrected chi connectivity index (χ4v) is 3.53. The number of ketones is 1. The zero-order valence-corrected chi connectivity index (χ0v) is 12.0. The minimum absolute atomic E-state index is 0.186. The Hall–Kier alpha value is -0.630. The lowest BCUT2D eigenvalue weighted by Crippen LogP contribution is -2.53. The van der Waals surface area contributed by atoms with Crippen molar-refractivity contribution in [1.82, 2.24) is 4.90 Å². The topological polar surface area (TPSA) is 20.3 Å². The SMILES string of the molecule is CN(C)C1(C(=O)C2=CCCCCC2)CCCCC1. The number of hydrogen-bond acceptors (Lipinski definition) is 2. The van der Waals surface area contributed by atoms with E-state index in [1.165, 1.54) is 38.5 Å². The molecule has 0 saturated heterocycles. The van der Waals surface area contributed by atoms with E-state index in [2.05, 4.69) is 25.1 Å². The minimum atomic E-state index is -0.186. The molecule has 2 aliphatic carbocycles. The van der Waals surface area contributed by atoms with Crippen LogP contribution in [0, 0.1) is 0 Å². The molecule has 0 radical (unpaired) electrons. The summed E-state index contributed by atoms with van der Waals surface area (Å²) < 4.78 is 0. The maximum absolute atomic E-state index is 13.0. The molecule has 0 atom stereocenters. The van der Waals surface area contributed by atoms with Crippen LogP contribution in [0.5, 0.6) is 0 Å². The molecular weight excluding hydrogens is 222 g/mol. The molecule has 0 aromatic heterocycles. The first-order chi connectivity index (χ1) is 8.67. The predicted octanol–water partition coefficient (Wildman–Crippen LogP) is 3.71. The van der Waals surface area contributed by atoms with Crippen molar-refractivity contribution in [2.75, 3.05) is 14.1 Å². The van der Waals surface area contributed by atoms with Gasteiger partial charge < -0.3 is 0 Å². The minimum Gasteiger partial charge on any atom is -0.297 e. The van der Waals surface area contributed by atoms with Crippen LogP contribution in [0.15, 0.2) is 11.6 Å². The number of carbonyl (C=O) groups excluding carboxylic acids is 1. The highest BCUT2D eigenvalue weighted by Gasteiger charge is 2.42. The largest absolute Gasteiger partial charge is 0.297 e. The lowest BCUT2D eigenvalue weighted by atomic mass is 9.75. The van der Waals surface area contributed by atoms with Gasteiger partial charge in [-0.15, -0.1) is 0 Å². The third-order valence-electron chi connectivity index (χ3n) is 4.79. The number of likely N-dealkylation sites (N-methyl/N-ethyl adjacent to an activating group) is 1. The lowest BCUT2D eigenvalue weighted by molar-refractivity contribution is -0.128. The molecule has 0 aliphatic heterocycles. The third-order valence-corrected chi connectivity index (χ3v) is 4.79. The molecule has 0 heterocycles. The van der Waals surface area contributed by atoms with Crippen molar-refractivity contribution < 1.29 is 4.79 Å². The molecule has 2 heteroatoms. The summed E-state index contributed by atoms with van der Waals surface area (Å²) in [5, 5.41) is 0. The summed E-state index contributed by atoms with van der Waals surface area (Å²) >= 11 is 0. The number of allylic oxidation sites excluding steroid dienone is 1. The summed E-state index contributed by atoms with van der Waals surface area (Å²) in [4.78, 5) is 15.2. The molecule has 1 saturated carbocycles.